The van der Waals surface area contributed by atoms with E-state index in [0.29, 0.717) is 25.9 Å². The van der Waals surface area contributed by atoms with E-state index in [1.54, 1.807) is 0 Å². The van der Waals surface area contributed by atoms with E-state index >= 15 is 0 Å². The molecular weight excluding hydrogens is 366 g/mol. The van der Waals surface area contributed by atoms with Crippen molar-refractivity contribution in [3.63, 3.8) is 0 Å². The number of nitrogens with one attached hydrogen (secondary N) is 1. The second-order valence-corrected chi connectivity index (χ2v) is 8.17. The van der Waals surface area contributed by atoms with Gasteiger partial charge in [0.05, 0.1) is 19.3 Å². The predicted octanol–water partition coefficient (Wildman–Crippen LogP) is 4.53. The summed E-state index contributed by atoms with van der Waals surface area (Å²) in [6.07, 6.45) is 6.73. The van der Waals surface area contributed by atoms with Crippen LogP contribution < -0.4 is 10.1 Å². The van der Waals surface area contributed by atoms with Crippen molar-refractivity contribution >= 4 is 16.7 Å². The highest BCUT2D eigenvalue weighted by atomic mass is 16.7. The molecule has 2 aliphatic rings. The van der Waals surface area contributed by atoms with Crippen molar-refractivity contribution in [1.29, 1.82) is 0 Å². The Morgan fingerprint density at radius 3 is 2.69 bits per heavy atom. The quantitative estimate of drug-likeness (QED) is 0.697. The second kappa shape index (κ2) is 9.59. The maximum Gasteiger partial charge on any atom is 0.216 e. The van der Waals surface area contributed by atoms with Crippen LogP contribution in [0.2, 0.25) is 0 Å². The minimum atomic E-state index is -0.179. The van der Waals surface area contributed by atoms with Crippen LogP contribution in [0.15, 0.2) is 36.4 Å². The average molecular weight is 398 g/mol. The zero-order valence-electron chi connectivity index (χ0n) is 17.2. The number of carbonyl (C=O) groups is 1. The Balaban J connectivity index is 1.36. The fraction of sp³-hybridized carbons (Fsp3) is 0.542. The van der Waals surface area contributed by atoms with Crippen LogP contribution in [0.1, 0.15) is 56.9 Å². The van der Waals surface area contributed by atoms with E-state index in [2.05, 4.69) is 41.7 Å². The lowest BCUT2D eigenvalue weighted by Gasteiger charge is -2.30. The summed E-state index contributed by atoms with van der Waals surface area (Å²) in [5, 5.41) is 5.25. The summed E-state index contributed by atoms with van der Waals surface area (Å²) in [4.78, 5) is 10.9. The second-order valence-electron chi connectivity index (χ2n) is 8.17. The van der Waals surface area contributed by atoms with Gasteiger partial charge in [-0.25, -0.2) is 0 Å². The summed E-state index contributed by atoms with van der Waals surface area (Å²) < 4.78 is 18.1. The third-order valence-electron chi connectivity index (χ3n) is 5.89. The number of hydrogen-bond donors (Lipinski definition) is 1. The number of fused-ring (bicyclic) bond motifs is 1. The summed E-state index contributed by atoms with van der Waals surface area (Å²) in [6, 6.07) is 12.9. The van der Waals surface area contributed by atoms with E-state index in [4.69, 9.17) is 14.2 Å². The Labute approximate surface area is 172 Å². The van der Waals surface area contributed by atoms with Crippen LogP contribution in [0.5, 0.6) is 5.75 Å². The Kier molecular flexibility index (Phi) is 6.67. The number of ether oxygens (including phenoxy) is 3. The van der Waals surface area contributed by atoms with E-state index in [1.165, 1.54) is 48.9 Å². The fourth-order valence-electron chi connectivity index (χ4n) is 4.34. The SMILES string of the molecule is CC(=O)NCCCC1OCC(c2cccc3cc(OC4CCCC4)ccc23)CO1. The van der Waals surface area contributed by atoms with Crippen LogP contribution in [-0.2, 0) is 14.3 Å². The van der Waals surface area contributed by atoms with E-state index in [1.807, 2.05) is 0 Å². The van der Waals surface area contributed by atoms with Crippen LogP contribution in [0, 0.1) is 0 Å². The van der Waals surface area contributed by atoms with Crippen molar-refractivity contribution in [3.05, 3.63) is 42.0 Å². The fourth-order valence-corrected chi connectivity index (χ4v) is 4.34. The molecule has 29 heavy (non-hydrogen) atoms. The first kappa shape index (κ1) is 20.2. The molecule has 1 aliphatic heterocycles. The lowest BCUT2D eigenvalue weighted by Crippen LogP contribution is -2.32. The minimum Gasteiger partial charge on any atom is -0.490 e. The molecule has 2 aromatic carbocycles. The van der Waals surface area contributed by atoms with E-state index in [-0.39, 0.29) is 18.1 Å². The molecule has 1 heterocycles. The maximum atomic E-state index is 10.9. The van der Waals surface area contributed by atoms with Gasteiger partial charge in [-0.1, -0.05) is 24.3 Å². The topological polar surface area (TPSA) is 56.8 Å². The molecule has 156 valence electrons. The molecule has 0 atom stereocenters. The van der Waals surface area contributed by atoms with Gasteiger partial charge in [0.15, 0.2) is 6.29 Å². The Morgan fingerprint density at radius 2 is 1.93 bits per heavy atom. The number of carbonyl (C=O) groups excluding carboxylic acids is 1. The average Bonchev–Trinajstić information content (AvgIpc) is 3.24. The van der Waals surface area contributed by atoms with E-state index in [9.17, 15) is 4.79 Å². The van der Waals surface area contributed by atoms with Crippen LogP contribution in [0.4, 0.5) is 0 Å². The van der Waals surface area contributed by atoms with Crippen LogP contribution >= 0.6 is 0 Å². The van der Waals surface area contributed by atoms with Gasteiger partial charge in [0.25, 0.3) is 0 Å². The first-order valence-corrected chi connectivity index (χ1v) is 10.9. The molecule has 0 spiro atoms. The molecule has 1 saturated heterocycles. The van der Waals surface area contributed by atoms with Crippen molar-refractivity contribution in [1.82, 2.24) is 5.32 Å². The summed E-state index contributed by atoms with van der Waals surface area (Å²) in [5.74, 6) is 1.20. The lowest BCUT2D eigenvalue weighted by atomic mass is 9.94. The molecule has 5 heteroatoms. The Hall–Kier alpha value is -2.11. The Bertz CT molecular complexity index is 823. The van der Waals surface area contributed by atoms with E-state index in [0.717, 1.165) is 18.6 Å². The van der Waals surface area contributed by atoms with Crippen molar-refractivity contribution in [3.8, 4) is 5.75 Å². The van der Waals surface area contributed by atoms with Crippen molar-refractivity contribution < 1.29 is 19.0 Å². The Morgan fingerprint density at radius 1 is 1.14 bits per heavy atom. The zero-order chi connectivity index (χ0) is 20.1. The minimum absolute atomic E-state index is 0.00306. The lowest BCUT2D eigenvalue weighted by molar-refractivity contribution is -0.189. The molecular formula is C24H31NO4. The number of benzene rings is 2. The van der Waals surface area contributed by atoms with Gasteiger partial charge in [-0.15, -0.1) is 0 Å². The molecule has 2 aromatic rings. The van der Waals surface area contributed by atoms with Crippen LogP contribution in [0.25, 0.3) is 10.8 Å². The van der Waals surface area contributed by atoms with Gasteiger partial charge in [-0.2, -0.15) is 0 Å². The maximum absolute atomic E-state index is 10.9. The molecule has 1 saturated carbocycles. The standard InChI is InChI=1S/C24H31NO4/c1-17(26)25-13-5-10-24-27-15-19(16-28-24)22-9-4-6-18-14-21(11-12-23(18)22)29-20-7-2-3-8-20/h4,6,9,11-12,14,19-20,24H,2-3,5,7-8,10,13,15-16H2,1H3,(H,25,26). The summed E-state index contributed by atoms with van der Waals surface area (Å²) >= 11 is 0. The normalized spacial score (nSPS) is 22.7. The first-order chi connectivity index (χ1) is 14.2. The van der Waals surface area contributed by atoms with Crippen LogP contribution in [0.3, 0.4) is 0 Å². The third-order valence-corrected chi connectivity index (χ3v) is 5.89. The highest BCUT2D eigenvalue weighted by Gasteiger charge is 2.24. The highest BCUT2D eigenvalue weighted by Crippen LogP contribution is 2.33. The van der Waals surface area contributed by atoms with Gasteiger partial charge in [0, 0.05) is 25.8 Å². The molecule has 0 unspecified atom stereocenters. The summed E-state index contributed by atoms with van der Waals surface area (Å²) in [7, 11) is 0. The van der Waals surface area contributed by atoms with Gasteiger partial charge in [-0.05, 0) is 60.6 Å². The zero-order valence-corrected chi connectivity index (χ0v) is 17.2. The van der Waals surface area contributed by atoms with Gasteiger partial charge in [0.1, 0.15) is 5.75 Å². The van der Waals surface area contributed by atoms with Crippen molar-refractivity contribution in [2.75, 3.05) is 19.8 Å². The third kappa shape index (κ3) is 5.28. The first-order valence-electron chi connectivity index (χ1n) is 10.9. The van der Waals surface area contributed by atoms with Crippen LogP contribution in [-0.4, -0.2) is 38.1 Å². The number of rotatable bonds is 7. The molecule has 0 radical (unpaired) electrons. The molecule has 1 N–H and O–H groups in total. The molecule has 2 fully saturated rings. The van der Waals surface area contributed by atoms with Gasteiger partial charge >= 0.3 is 0 Å². The number of amides is 1. The molecule has 4 rings (SSSR count). The van der Waals surface area contributed by atoms with Crippen molar-refractivity contribution in [2.24, 2.45) is 0 Å². The van der Waals surface area contributed by atoms with Gasteiger partial charge in [-0.3, -0.25) is 4.79 Å². The largest absolute Gasteiger partial charge is 0.490 e. The highest BCUT2D eigenvalue weighted by molar-refractivity contribution is 5.87. The predicted molar refractivity (Wildman–Crippen MR) is 113 cm³/mol. The molecule has 0 bridgehead atoms. The molecule has 5 nitrogen and oxygen atoms in total. The van der Waals surface area contributed by atoms with Crippen molar-refractivity contribution in [2.45, 2.75) is 63.8 Å². The molecule has 1 aliphatic carbocycles. The monoisotopic (exact) mass is 397 g/mol. The molecule has 0 aromatic heterocycles. The smallest absolute Gasteiger partial charge is 0.216 e. The molecule has 1 amide bonds. The number of hydrogen-bond acceptors (Lipinski definition) is 4. The van der Waals surface area contributed by atoms with Gasteiger partial charge in [0.2, 0.25) is 5.91 Å². The summed E-state index contributed by atoms with van der Waals surface area (Å²) in [5.41, 5.74) is 1.27. The summed E-state index contributed by atoms with van der Waals surface area (Å²) in [6.45, 7) is 3.51. The van der Waals surface area contributed by atoms with Gasteiger partial charge < -0.3 is 19.5 Å². The van der Waals surface area contributed by atoms with E-state index < -0.39 is 0 Å².